The first-order chi connectivity index (χ1) is 8.72. The third-order valence-electron chi connectivity index (χ3n) is 2.26. The number of nitrogens with one attached hydrogen (secondary N) is 1. The van der Waals surface area contributed by atoms with Crippen LogP contribution in [0.25, 0.3) is 0 Å². The highest BCUT2D eigenvalue weighted by Gasteiger charge is 1.95. The van der Waals surface area contributed by atoms with E-state index >= 15 is 0 Å². The molecule has 5 heteroatoms. The molecule has 0 bridgehead atoms. The predicted octanol–water partition coefficient (Wildman–Crippen LogP) is 2.42. The Morgan fingerprint density at radius 3 is 3.06 bits per heavy atom. The zero-order valence-corrected chi connectivity index (χ0v) is 11.4. The summed E-state index contributed by atoms with van der Waals surface area (Å²) in [5, 5.41) is 4.05. The Morgan fingerprint density at radius 2 is 2.33 bits per heavy atom. The first-order valence-electron chi connectivity index (χ1n) is 6.03. The lowest BCUT2D eigenvalue weighted by atomic mass is 10.2. The van der Waals surface area contributed by atoms with Crippen LogP contribution in [0.5, 0.6) is 5.75 Å². The van der Waals surface area contributed by atoms with Crippen LogP contribution >= 0.6 is 12.2 Å². The van der Waals surface area contributed by atoms with Crippen molar-refractivity contribution < 1.29 is 4.74 Å². The second kappa shape index (κ2) is 8.47. The van der Waals surface area contributed by atoms with E-state index in [1.807, 2.05) is 24.3 Å². The van der Waals surface area contributed by atoms with Gasteiger partial charge in [-0.2, -0.15) is 5.10 Å². The van der Waals surface area contributed by atoms with E-state index in [-0.39, 0.29) is 5.11 Å². The highest BCUT2D eigenvalue weighted by atomic mass is 32.1. The number of benzene rings is 1. The molecule has 0 fully saturated rings. The van der Waals surface area contributed by atoms with Gasteiger partial charge in [0.05, 0.1) is 12.8 Å². The second-order valence-corrected chi connectivity index (χ2v) is 4.30. The van der Waals surface area contributed by atoms with Gasteiger partial charge in [-0.3, -0.25) is 5.43 Å². The lowest BCUT2D eigenvalue weighted by Crippen LogP contribution is -2.23. The molecular formula is C13H19N3OS. The fourth-order valence-electron chi connectivity index (χ4n) is 1.40. The Bertz CT molecular complexity index is 407. The molecule has 0 spiro atoms. The second-order valence-electron chi connectivity index (χ2n) is 3.86. The van der Waals surface area contributed by atoms with Crippen LogP contribution in [0, 0.1) is 0 Å². The van der Waals surface area contributed by atoms with Gasteiger partial charge >= 0.3 is 0 Å². The molecule has 0 aliphatic rings. The van der Waals surface area contributed by atoms with Crippen molar-refractivity contribution in [1.29, 1.82) is 0 Å². The van der Waals surface area contributed by atoms with E-state index in [1.165, 1.54) is 12.8 Å². The Kier molecular flexibility index (Phi) is 6.79. The highest BCUT2D eigenvalue weighted by Crippen LogP contribution is 2.12. The molecule has 0 saturated carbocycles. The van der Waals surface area contributed by atoms with Crippen LogP contribution in [0.2, 0.25) is 0 Å². The number of hydrogen-bond donors (Lipinski definition) is 2. The van der Waals surface area contributed by atoms with Crippen molar-refractivity contribution in [3.8, 4) is 5.75 Å². The normalized spacial score (nSPS) is 10.5. The first kappa shape index (κ1) is 14.4. The van der Waals surface area contributed by atoms with Crippen LogP contribution in [0.1, 0.15) is 31.7 Å². The molecular weight excluding hydrogens is 246 g/mol. The molecule has 0 saturated heterocycles. The number of rotatable bonds is 7. The van der Waals surface area contributed by atoms with Crippen LogP contribution in [0.15, 0.2) is 29.4 Å². The Morgan fingerprint density at radius 1 is 1.50 bits per heavy atom. The number of hydrazone groups is 1. The Balaban J connectivity index is 2.46. The van der Waals surface area contributed by atoms with Crippen LogP contribution < -0.4 is 15.9 Å². The van der Waals surface area contributed by atoms with Crippen molar-refractivity contribution in [2.24, 2.45) is 10.8 Å². The van der Waals surface area contributed by atoms with Crippen LogP contribution in [-0.4, -0.2) is 17.9 Å². The summed E-state index contributed by atoms with van der Waals surface area (Å²) in [5.74, 6) is 0.852. The van der Waals surface area contributed by atoms with Gasteiger partial charge < -0.3 is 10.5 Å². The SMILES string of the molecule is CCCCCOc1cccc(/C=N/NC(N)=S)c1. The predicted molar refractivity (Wildman–Crippen MR) is 79.0 cm³/mol. The van der Waals surface area contributed by atoms with Gasteiger partial charge in [0, 0.05) is 0 Å². The average Bonchev–Trinajstić information content (AvgIpc) is 2.35. The quantitative estimate of drug-likeness (QED) is 0.344. The molecule has 4 nitrogen and oxygen atoms in total. The van der Waals surface area contributed by atoms with E-state index < -0.39 is 0 Å². The summed E-state index contributed by atoms with van der Waals surface area (Å²) in [6, 6.07) is 7.72. The largest absolute Gasteiger partial charge is 0.494 e. The summed E-state index contributed by atoms with van der Waals surface area (Å²) in [6.45, 7) is 2.92. The van der Waals surface area contributed by atoms with Gasteiger partial charge in [0.1, 0.15) is 5.75 Å². The Hall–Kier alpha value is -1.62. The molecule has 0 radical (unpaired) electrons. The minimum atomic E-state index is 0.151. The molecule has 98 valence electrons. The first-order valence-corrected chi connectivity index (χ1v) is 6.44. The number of thiocarbonyl (C=S) groups is 1. The average molecular weight is 265 g/mol. The van der Waals surface area contributed by atoms with Gasteiger partial charge in [0.15, 0.2) is 5.11 Å². The van der Waals surface area contributed by atoms with Crippen LogP contribution in [0.3, 0.4) is 0 Å². The summed E-state index contributed by atoms with van der Waals surface area (Å²) < 4.78 is 5.64. The summed E-state index contributed by atoms with van der Waals surface area (Å²) in [7, 11) is 0. The number of nitrogens with two attached hydrogens (primary N) is 1. The lowest BCUT2D eigenvalue weighted by molar-refractivity contribution is 0.306. The minimum absolute atomic E-state index is 0.151. The van der Waals surface area contributed by atoms with Gasteiger partial charge in [-0.15, -0.1) is 0 Å². The van der Waals surface area contributed by atoms with E-state index in [2.05, 4.69) is 29.7 Å². The lowest BCUT2D eigenvalue weighted by Gasteiger charge is -2.06. The smallest absolute Gasteiger partial charge is 0.184 e. The molecule has 0 heterocycles. The van der Waals surface area contributed by atoms with E-state index in [4.69, 9.17) is 10.5 Å². The molecule has 0 amide bonds. The van der Waals surface area contributed by atoms with Gasteiger partial charge in [0.2, 0.25) is 0 Å². The van der Waals surface area contributed by atoms with Gasteiger partial charge in [-0.25, -0.2) is 0 Å². The molecule has 3 N–H and O–H groups in total. The monoisotopic (exact) mass is 265 g/mol. The van der Waals surface area contributed by atoms with Crippen molar-refractivity contribution in [3.05, 3.63) is 29.8 Å². The molecule has 0 unspecified atom stereocenters. The summed E-state index contributed by atoms with van der Waals surface area (Å²) in [6.07, 6.45) is 5.12. The van der Waals surface area contributed by atoms with Crippen molar-refractivity contribution in [2.45, 2.75) is 26.2 Å². The number of hydrogen-bond acceptors (Lipinski definition) is 3. The van der Waals surface area contributed by atoms with Crippen LogP contribution in [0.4, 0.5) is 0 Å². The zero-order valence-electron chi connectivity index (χ0n) is 10.6. The summed E-state index contributed by atoms with van der Waals surface area (Å²) >= 11 is 4.65. The molecule has 1 rings (SSSR count). The van der Waals surface area contributed by atoms with Gasteiger partial charge in [-0.05, 0) is 36.3 Å². The van der Waals surface area contributed by atoms with Crippen molar-refractivity contribution in [2.75, 3.05) is 6.61 Å². The maximum atomic E-state index is 5.64. The Labute approximate surface area is 113 Å². The number of nitrogens with zero attached hydrogens (tertiary/aromatic N) is 1. The number of unbranched alkanes of at least 4 members (excludes halogenated alkanes) is 2. The summed E-state index contributed by atoms with van der Waals surface area (Å²) in [5.41, 5.74) is 8.71. The minimum Gasteiger partial charge on any atom is -0.494 e. The van der Waals surface area contributed by atoms with E-state index in [0.29, 0.717) is 0 Å². The van der Waals surface area contributed by atoms with Gasteiger partial charge in [0.25, 0.3) is 0 Å². The van der Waals surface area contributed by atoms with Crippen molar-refractivity contribution in [1.82, 2.24) is 5.43 Å². The van der Waals surface area contributed by atoms with E-state index in [1.54, 1.807) is 6.21 Å². The molecule has 0 aliphatic heterocycles. The standard InChI is InChI=1S/C13H19N3OS/c1-2-3-4-8-17-12-7-5-6-11(9-12)10-15-16-13(14)18/h5-7,9-10H,2-4,8H2,1H3,(H3,14,16,18)/b15-10+. The fraction of sp³-hybridized carbons (Fsp3) is 0.385. The number of ether oxygens (including phenoxy) is 1. The van der Waals surface area contributed by atoms with E-state index in [9.17, 15) is 0 Å². The molecule has 0 aromatic heterocycles. The van der Waals surface area contributed by atoms with Crippen molar-refractivity contribution in [3.63, 3.8) is 0 Å². The third kappa shape index (κ3) is 6.20. The topological polar surface area (TPSA) is 59.6 Å². The molecule has 0 atom stereocenters. The van der Waals surface area contributed by atoms with E-state index in [0.717, 1.165) is 24.3 Å². The zero-order chi connectivity index (χ0) is 13.2. The molecule has 18 heavy (non-hydrogen) atoms. The van der Waals surface area contributed by atoms with Crippen LogP contribution in [-0.2, 0) is 0 Å². The molecule has 1 aromatic rings. The fourth-order valence-corrected chi connectivity index (χ4v) is 1.45. The molecule has 1 aromatic carbocycles. The third-order valence-corrected chi connectivity index (χ3v) is 2.35. The van der Waals surface area contributed by atoms with Gasteiger partial charge in [-0.1, -0.05) is 31.9 Å². The summed E-state index contributed by atoms with van der Waals surface area (Å²) in [4.78, 5) is 0. The maximum Gasteiger partial charge on any atom is 0.184 e. The molecule has 0 aliphatic carbocycles. The highest BCUT2D eigenvalue weighted by molar-refractivity contribution is 7.80. The maximum absolute atomic E-state index is 5.64. The van der Waals surface area contributed by atoms with Crippen molar-refractivity contribution >= 4 is 23.5 Å².